The number of nitrogens with zero attached hydrogens (tertiary/aromatic N) is 1. The molecule has 0 amide bonds. The largest absolute Gasteiger partial charge is 0.476 e. The van der Waals surface area contributed by atoms with E-state index in [1.807, 2.05) is 20.0 Å². The van der Waals surface area contributed by atoms with E-state index in [4.69, 9.17) is 10.00 Å². The first-order chi connectivity index (χ1) is 8.28. The summed E-state index contributed by atoms with van der Waals surface area (Å²) in [5, 5.41) is 12.2. The number of hydrogen-bond donors (Lipinski definition) is 1. The molecule has 1 aromatic carbocycles. The molecule has 2 rings (SSSR count). The quantitative estimate of drug-likeness (QED) is 0.864. The molecule has 1 aliphatic rings. The van der Waals surface area contributed by atoms with E-state index in [9.17, 15) is 0 Å². The van der Waals surface area contributed by atoms with Crippen molar-refractivity contribution in [2.75, 3.05) is 7.05 Å². The lowest BCUT2D eigenvalue weighted by molar-refractivity contribution is 0.251. The van der Waals surface area contributed by atoms with Gasteiger partial charge < -0.3 is 10.1 Å². The smallest absolute Gasteiger partial charge is 0.184 e. The first kappa shape index (κ1) is 11.9. The zero-order valence-corrected chi connectivity index (χ0v) is 10.4. The van der Waals surface area contributed by atoms with Crippen LogP contribution < -0.4 is 10.1 Å². The molecule has 90 valence electrons. The van der Waals surface area contributed by atoms with Crippen molar-refractivity contribution in [2.24, 2.45) is 0 Å². The zero-order chi connectivity index (χ0) is 12.3. The summed E-state index contributed by atoms with van der Waals surface area (Å²) >= 11 is 0. The van der Waals surface area contributed by atoms with E-state index in [-0.39, 0.29) is 6.10 Å². The van der Waals surface area contributed by atoms with Crippen LogP contribution in [0.5, 0.6) is 5.75 Å². The fourth-order valence-corrected chi connectivity index (χ4v) is 2.33. The van der Waals surface area contributed by atoms with Crippen molar-refractivity contribution in [1.29, 1.82) is 5.26 Å². The maximum Gasteiger partial charge on any atom is 0.184 e. The molecule has 0 radical (unpaired) electrons. The average Bonchev–Trinajstić information content (AvgIpc) is 2.78. The molecule has 0 saturated heterocycles. The topological polar surface area (TPSA) is 45.0 Å². The Labute approximate surface area is 102 Å². The Morgan fingerprint density at radius 3 is 3.06 bits per heavy atom. The van der Waals surface area contributed by atoms with Gasteiger partial charge in [0.25, 0.3) is 0 Å². The summed E-state index contributed by atoms with van der Waals surface area (Å²) < 4.78 is 5.63. The number of ether oxygens (including phenoxy) is 1. The molecule has 2 unspecified atom stereocenters. The molecule has 3 nitrogen and oxygen atoms in total. The number of hydrogen-bond acceptors (Lipinski definition) is 3. The predicted molar refractivity (Wildman–Crippen MR) is 66.9 cm³/mol. The number of rotatable bonds is 4. The Balaban J connectivity index is 2.16. The summed E-state index contributed by atoms with van der Waals surface area (Å²) in [5.41, 5.74) is 2.71. The molecule has 17 heavy (non-hydrogen) atoms. The Morgan fingerprint density at radius 1 is 1.59 bits per heavy atom. The number of fused-ring (bicyclic) bond motifs is 1. The lowest BCUT2D eigenvalue weighted by Gasteiger charge is -2.13. The van der Waals surface area contributed by atoms with Crippen LogP contribution in [0.4, 0.5) is 0 Å². The predicted octanol–water partition coefficient (Wildman–Crippen LogP) is 2.57. The maximum atomic E-state index is 8.88. The third-order valence-electron chi connectivity index (χ3n) is 3.33. The SMILES string of the molecule is CCC(C#N)Oc1ccc2c(c1)CCC2NC. The van der Waals surface area contributed by atoms with Crippen LogP contribution in [0.3, 0.4) is 0 Å². The molecule has 0 heterocycles. The summed E-state index contributed by atoms with van der Waals surface area (Å²) in [6.45, 7) is 1.96. The van der Waals surface area contributed by atoms with Gasteiger partial charge in [-0.05, 0) is 49.6 Å². The maximum absolute atomic E-state index is 8.88. The minimum absolute atomic E-state index is 0.338. The minimum Gasteiger partial charge on any atom is -0.476 e. The zero-order valence-electron chi connectivity index (χ0n) is 10.4. The Morgan fingerprint density at radius 2 is 2.41 bits per heavy atom. The number of benzene rings is 1. The molecule has 0 spiro atoms. The summed E-state index contributed by atoms with van der Waals surface area (Å²) in [5.74, 6) is 0.814. The van der Waals surface area contributed by atoms with Crippen LogP contribution in [0.1, 0.15) is 36.9 Å². The second-order valence-electron chi connectivity index (χ2n) is 4.38. The van der Waals surface area contributed by atoms with Crippen LogP contribution in [-0.2, 0) is 6.42 Å². The van der Waals surface area contributed by atoms with E-state index in [0.717, 1.165) is 18.6 Å². The van der Waals surface area contributed by atoms with Crippen LogP contribution in [-0.4, -0.2) is 13.2 Å². The van der Waals surface area contributed by atoms with Crippen molar-refractivity contribution in [3.05, 3.63) is 29.3 Å². The van der Waals surface area contributed by atoms with Gasteiger partial charge in [0, 0.05) is 6.04 Å². The van der Waals surface area contributed by atoms with Crippen molar-refractivity contribution in [3.8, 4) is 11.8 Å². The fourth-order valence-electron chi connectivity index (χ4n) is 2.33. The molecule has 1 aromatic rings. The number of nitriles is 1. The summed E-state index contributed by atoms with van der Waals surface area (Å²) in [4.78, 5) is 0. The molecular formula is C14H18N2O. The molecule has 2 atom stereocenters. The monoisotopic (exact) mass is 230 g/mol. The molecule has 0 bridgehead atoms. The van der Waals surface area contributed by atoms with Gasteiger partial charge in [-0.1, -0.05) is 13.0 Å². The number of nitrogens with one attached hydrogen (secondary N) is 1. The molecule has 3 heteroatoms. The molecule has 0 aromatic heterocycles. The second-order valence-corrected chi connectivity index (χ2v) is 4.38. The number of aryl methyl sites for hydroxylation is 1. The van der Waals surface area contributed by atoms with Crippen LogP contribution >= 0.6 is 0 Å². The van der Waals surface area contributed by atoms with E-state index in [1.165, 1.54) is 11.1 Å². The highest BCUT2D eigenvalue weighted by atomic mass is 16.5. The third kappa shape index (κ3) is 2.42. The van der Waals surface area contributed by atoms with Crippen LogP contribution in [0.25, 0.3) is 0 Å². The van der Waals surface area contributed by atoms with E-state index >= 15 is 0 Å². The van der Waals surface area contributed by atoms with Crippen LogP contribution in [0, 0.1) is 11.3 Å². The highest BCUT2D eigenvalue weighted by Gasteiger charge is 2.21. The fraction of sp³-hybridized carbons (Fsp3) is 0.500. The van der Waals surface area contributed by atoms with Gasteiger partial charge in [0.2, 0.25) is 0 Å². The first-order valence-electron chi connectivity index (χ1n) is 6.14. The summed E-state index contributed by atoms with van der Waals surface area (Å²) in [6, 6.07) is 8.78. The molecule has 0 aliphatic heterocycles. The lowest BCUT2D eigenvalue weighted by atomic mass is 10.1. The van der Waals surface area contributed by atoms with E-state index in [0.29, 0.717) is 12.5 Å². The first-order valence-corrected chi connectivity index (χ1v) is 6.14. The third-order valence-corrected chi connectivity index (χ3v) is 3.33. The van der Waals surface area contributed by atoms with Gasteiger partial charge in [-0.25, -0.2) is 0 Å². The van der Waals surface area contributed by atoms with Crippen molar-refractivity contribution in [3.63, 3.8) is 0 Å². The minimum atomic E-state index is -0.338. The van der Waals surface area contributed by atoms with Crippen molar-refractivity contribution in [1.82, 2.24) is 5.32 Å². The van der Waals surface area contributed by atoms with Gasteiger partial charge >= 0.3 is 0 Å². The highest BCUT2D eigenvalue weighted by molar-refractivity contribution is 5.40. The average molecular weight is 230 g/mol. The van der Waals surface area contributed by atoms with E-state index in [1.54, 1.807) is 0 Å². The van der Waals surface area contributed by atoms with E-state index in [2.05, 4.69) is 23.5 Å². The van der Waals surface area contributed by atoms with Crippen LogP contribution in [0.2, 0.25) is 0 Å². The lowest BCUT2D eigenvalue weighted by Crippen LogP contribution is -2.13. The van der Waals surface area contributed by atoms with Crippen molar-refractivity contribution >= 4 is 0 Å². The second kappa shape index (κ2) is 5.20. The van der Waals surface area contributed by atoms with Crippen LogP contribution in [0.15, 0.2) is 18.2 Å². The summed E-state index contributed by atoms with van der Waals surface area (Å²) in [7, 11) is 1.99. The molecule has 0 saturated carbocycles. The standard InChI is InChI=1S/C14H18N2O/c1-3-11(9-15)17-12-5-6-13-10(8-12)4-7-14(13)16-2/h5-6,8,11,14,16H,3-4,7H2,1-2H3. The van der Waals surface area contributed by atoms with Gasteiger partial charge in [0.05, 0.1) is 0 Å². The molecule has 0 fully saturated rings. The Kier molecular flexibility index (Phi) is 3.65. The summed E-state index contributed by atoms with van der Waals surface area (Å²) in [6.07, 6.45) is 2.60. The van der Waals surface area contributed by atoms with Crippen molar-refractivity contribution < 1.29 is 4.74 Å². The highest BCUT2D eigenvalue weighted by Crippen LogP contribution is 2.33. The molecular weight excluding hydrogens is 212 g/mol. The normalized spacial score (nSPS) is 19.5. The van der Waals surface area contributed by atoms with E-state index < -0.39 is 0 Å². The van der Waals surface area contributed by atoms with Gasteiger partial charge in [0.1, 0.15) is 11.8 Å². The Hall–Kier alpha value is -1.53. The van der Waals surface area contributed by atoms with Gasteiger partial charge in [0.15, 0.2) is 6.10 Å². The molecule has 1 aliphatic carbocycles. The van der Waals surface area contributed by atoms with Gasteiger partial charge in [-0.3, -0.25) is 0 Å². The van der Waals surface area contributed by atoms with Gasteiger partial charge in [-0.2, -0.15) is 5.26 Å². The Bertz CT molecular complexity index is 436. The van der Waals surface area contributed by atoms with Gasteiger partial charge in [-0.15, -0.1) is 0 Å². The van der Waals surface area contributed by atoms with Crippen molar-refractivity contribution in [2.45, 2.75) is 38.3 Å². The molecule has 1 N–H and O–H groups in total.